The summed E-state index contributed by atoms with van der Waals surface area (Å²) in [4.78, 5) is 31.5. The van der Waals surface area contributed by atoms with E-state index in [2.05, 4.69) is 9.97 Å². The predicted octanol–water partition coefficient (Wildman–Crippen LogP) is 3.95. The summed E-state index contributed by atoms with van der Waals surface area (Å²) < 4.78 is 5.12. The molecule has 0 saturated heterocycles. The molecule has 1 N–H and O–H groups in total. The van der Waals surface area contributed by atoms with E-state index in [0.29, 0.717) is 21.9 Å². The van der Waals surface area contributed by atoms with Crippen LogP contribution >= 0.6 is 23.4 Å². The minimum atomic E-state index is -0.551. The van der Waals surface area contributed by atoms with Crippen molar-refractivity contribution in [2.24, 2.45) is 0 Å². The number of ether oxygens (including phenoxy) is 1. The lowest BCUT2D eigenvalue weighted by molar-refractivity contribution is 0.102. The molecule has 1 heterocycles. The predicted molar refractivity (Wildman–Crippen MR) is 108 cm³/mol. The normalized spacial score (nSPS) is 10.3. The molecule has 0 spiro atoms. The molecule has 3 rings (SSSR count). The van der Waals surface area contributed by atoms with Crippen molar-refractivity contribution in [2.75, 3.05) is 12.9 Å². The number of benzene rings is 2. The Labute approximate surface area is 170 Å². The van der Waals surface area contributed by atoms with Gasteiger partial charge in [-0.25, -0.2) is 4.98 Å². The van der Waals surface area contributed by atoms with Crippen LogP contribution in [0.1, 0.15) is 15.9 Å². The minimum absolute atomic E-state index is 0.0819. The van der Waals surface area contributed by atoms with E-state index in [-0.39, 0.29) is 27.9 Å². The second kappa shape index (κ2) is 8.74. The molecule has 0 saturated carbocycles. The quantitative estimate of drug-likeness (QED) is 0.375. The molecule has 2 aromatic carbocycles. The van der Waals surface area contributed by atoms with Crippen LogP contribution in [-0.4, -0.2) is 28.6 Å². The number of nitrogens with one attached hydrogen (secondary N) is 1. The summed E-state index contributed by atoms with van der Waals surface area (Å²) in [6.07, 6.45) is 0. The molecule has 0 unspecified atom stereocenters. The fourth-order valence-corrected chi connectivity index (χ4v) is 3.32. The van der Waals surface area contributed by atoms with Gasteiger partial charge in [0.1, 0.15) is 17.4 Å². The van der Waals surface area contributed by atoms with Crippen molar-refractivity contribution in [1.29, 1.82) is 5.26 Å². The molecule has 28 heavy (non-hydrogen) atoms. The summed E-state index contributed by atoms with van der Waals surface area (Å²) in [5.74, 6) is 0.605. The van der Waals surface area contributed by atoms with Crippen molar-refractivity contribution in [3.05, 3.63) is 75.0 Å². The van der Waals surface area contributed by atoms with Crippen LogP contribution < -0.4 is 10.3 Å². The number of rotatable bonds is 6. The van der Waals surface area contributed by atoms with E-state index in [1.54, 1.807) is 55.6 Å². The summed E-state index contributed by atoms with van der Waals surface area (Å²) in [5, 5.41) is 10.1. The molecular weight excluding hydrogens is 398 g/mol. The lowest BCUT2D eigenvalue weighted by Gasteiger charge is -2.07. The van der Waals surface area contributed by atoms with Gasteiger partial charge in [0.05, 0.1) is 18.6 Å². The van der Waals surface area contributed by atoms with Gasteiger partial charge < -0.3 is 9.72 Å². The SMILES string of the molecule is COc1ccc(-c2nc(SCC(=O)c3ccc(Cl)cc3)[nH]c(=O)c2C#N)cc1. The number of nitriles is 1. The lowest BCUT2D eigenvalue weighted by atomic mass is 10.1. The number of hydrogen-bond donors (Lipinski definition) is 1. The maximum absolute atomic E-state index is 12.3. The van der Waals surface area contributed by atoms with E-state index in [4.69, 9.17) is 16.3 Å². The molecule has 0 amide bonds. The third kappa shape index (κ3) is 4.42. The number of carbonyl (C=O) groups is 1. The van der Waals surface area contributed by atoms with Crippen molar-refractivity contribution >= 4 is 29.1 Å². The van der Waals surface area contributed by atoms with E-state index in [9.17, 15) is 14.9 Å². The van der Waals surface area contributed by atoms with Crippen molar-refractivity contribution in [2.45, 2.75) is 5.16 Å². The fraction of sp³-hybridized carbons (Fsp3) is 0.100. The number of carbonyl (C=O) groups excluding carboxylic acids is 1. The summed E-state index contributed by atoms with van der Waals surface area (Å²) in [5.41, 5.74) is 0.747. The van der Waals surface area contributed by atoms with Crippen LogP contribution in [0.2, 0.25) is 5.02 Å². The molecule has 140 valence electrons. The van der Waals surface area contributed by atoms with E-state index in [0.717, 1.165) is 11.8 Å². The van der Waals surface area contributed by atoms with Gasteiger partial charge in [-0.3, -0.25) is 9.59 Å². The van der Waals surface area contributed by atoms with Gasteiger partial charge in [-0.1, -0.05) is 23.4 Å². The Morgan fingerprint density at radius 3 is 2.50 bits per heavy atom. The largest absolute Gasteiger partial charge is 0.497 e. The molecule has 0 atom stereocenters. The van der Waals surface area contributed by atoms with Crippen LogP contribution in [0.4, 0.5) is 0 Å². The van der Waals surface area contributed by atoms with Gasteiger partial charge in [-0.05, 0) is 48.5 Å². The summed E-state index contributed by atoms with van der Waals surface area (Å²) in [6, 6.07) is 15.3. The van der Waals surface area contributed by atoms with E-state index < -0.39 is 5.56 Å². The Morgan fingerprint density at radius 1 is 1.21 bits per heavy atom. The first-order chi connectivity index (χ1) is 13.5. The van der Waals surface area contributed by atoms with E-state index >= 15 is 0 Å². The number of hydrogen-bond acceptors (Lipinski definition) is 6. The van der Waals surface area contributed by atoms with Crippen LogP contribution in [0.3, 0.4) is 0 Å². The van der Waals surface area contributed by atoms with Gasteiger partial charge in [0, 0.05) is 16.1 Å². The van der Waals surface area contributed by atoms with Crippen molar-refractivity contribution < 1.29 is 9.53 Å². The van der Waals surface area contributed by atoms with Crippen molar-refractivity contribution in [3.63, 3.8) is 0 Å². The maximum Gasteiger partial charge on any atom is 0.270 e. The highest BCUT2D eigenvalue weighted by molar-refractivity contribution is 7.99. The highest BCUT2D eigenvalue weighted by Crippen LogP contribution is 2.24. The number of nitrogens with zero attached hydrogens (tertiary/aromatic N) is 2. The molecule has 0 aliphatic carbocycles. The van der Waals surface area contributed by atoms with E-state index in [1.807, 2.05) is 6.07 Å². The summed E-state index contributed by atoms with van der Waals surface area (Å²) in [7, 11) is 1.55. The van der Waals surface area contributed by atoms with Gasteiger partial charge in [-0.15, -0.1) is 0 Å². The Bertz CT molecular complexity index is 1100. The van der Waals surface area contributed by atoms with Gasteiger partial charge in [-0.2, -0.15) is 5.26 Å². The van der Waals surface area contributed by atoms with Gasteiger partial charge in [0.2, 0.25) is 0 Å². The fourth-order valence-electron chi connectivity index (χ4n) is 2.44. The second-order valence-electron chi connectivity index (χ2n) is 5.65. The first-order valence-electron chi connectivity index (χ1n) is 8.12. The number of aromatic amines is 1. The highest BCUT2D eigenvalue weighted by Gasteiger charge is 2.15. The third-order valence-corrected chi connectivity index (χ3v) is 5.00. The zero-order valence-corrected chi connectivity index (χ0v) is 16.3. The Kier molecular flexibility index (Phi) is 6.14. The zero-order chi connectivity index (χ0) is 20.1. The Balaban J connectivity index is 1.87. The van der Waals surface area contributed by atoms with Crippen LogP contribution in [-0.2, 0) is 0 Å². The van der Waals surface area contributed by atoms with Crippen molar-refractivity contribution in [1.82, 2.24) is 9.97 Å². The summed E-state index contributed by atoms with van der Waals surface area (Å²) >= 11 is 6.92. The maximum atomic E-state index is 12.3. The highest BCUT2D eigenvalue weighted by atomic mass is 35.5. The molecule has 8 heteroatoms. The second-order valence-corrected chi connectivity index (χ2v) is 7.05. The zero-order valence-electron chi connectivity index (χ0n) is 14.7. The molecule has 0 aliphatic rings. The number of halogens is 1. The Hall–Kier alpha value is -3.08. The monoisotopic (exact) mass is 411 g/mol. The molecule has 0 fully saturated rings. The lowest BCUT2D eigenvalue weighted by Crippen LogP contribution is -2.15. The van der Waals surface area contributed by atoms with Gasteiger partial charge in [0.15, 0.2) is 10.9 Å². The number of ketones is 1. The Morgan fingerprint density at radius 2 is 1.89 bits per heavy atom. The number of thioether (sulfide) groups is 1. The first-order valence-corrected chi connectivity index (χ1v) is 9.48. The molecule has 0 radical (unpaired) electrons. The van der Waals surface area contributed by atoms with Crippen LogP contribution in [0.5, 0.6) is 5.75 Å². The van der Waals surface area contributed by atoms with Crippen molar-refractivity contribution in [3.8, 4) is 23.1 Å². The van der Waals surface area contributed by atoms with E-state index in [1.165, 1.54) is 0 Å². The molecule has 6 nitrogen and oxygen atoms in total. The average molecular weight is 412 g/mol. The number of methoxy groups -OCH3 is 1. The topological polar surface area (TPSA) is 95.8 Å². The molecule has 0 bridgehead atoms. The van der Waals surface area contributed by atoms with Crippen LogP contribution in [0.15, 0.2) is 58.5 Å². The number of H-pyrrole nitrogens is 1. The summed E-state index contributed by atoms with van der Waals surface area (Å²) in [6.45, 7) is 0. The van der Waals surface area contributed by atoms with Gasteiger partial charge in [0.25, 0.3) is 5.56 Å². The molecule has 0 aliphatic heterocycles. The molecule has 3 aromatic rings. The first kappa shape index (κ1) is 19.7. The van der Waals surface area contributed by atoms with Gasteiger partial charge >= 0.3 is 0 Å². The average Bonchev–Trinajstić information content (AvgIpc) is 2.72. The van der Waals surface area contributed by atoms with Crippen LogP contribution in [0.25, 0.3) is 11.3 Å². The minimum Gasteiger partial charge on any atom is -0.497 e. The standard InChI is InChI=1S/C20H14ClN3O3S/c1-27-15-8-4-13(5-9-15)18-16(10-22)19(26)24-20(23-18)28-11-17(25)12-2-6-14(21)7-3-12/h2-9H,11H2,1H3,(H,23,24,26). The van der Waals surface area contributed by atoms with Crippen LogP contribution in [0, 0.1) is 11.3 Å². The molecular formula is C20H14ClN3O3S. The number of Topliss-reactive ketones (excluding diaryl/α,β-unsaturated/α-hetero) is 1. The molecule has 1 aromatic heterocycles. The number of aromatic nitrogens is 2. The smallest absolute Gasteiger partial charge is 0.270 e. The third-order valence-electron chi connectivity index (χ3n) is 3.88.